The number of rotatable bonds is 6. The number of nitrogens with one attached hydrogen (secondary N) is 1. The van der Waals surface area contributed by atoms with Crippen molar-refractivity contribution in [2.24, 2.45) is 5.92 Å². The van der Waals surface area contributed by atoms with E-state index in [-0.39, 0.29) is 0 Å². The quantitative estimate of drug-likeness (QED) is 0.630. The number of nitrogens with zero attached hydrogens (tertiary/aromatic N) is 2. The number of hydrogen-bond acceptors (Lipinski definition) is 4. The van der Waals surface area contributed by atoms with Crippen LogP contribution in [-0.2, 0) is 0 Å². The summed E-state index contributed by atoms with van der Waals surface area (Å²) in [4.78, 5) is 8.58. The van der Waals surface area contributed by atoms with E-state index in [0.29, 0.717) is 11.2 Å². The first-order valence-corrected chi connectivity index (χ1v) is 7.64. The Morgan fingerprint density at radius 2 is 2.06 bits per heavy atom. The van der Waals surface area contributed by atoms with E-state index in [1.807, 2.05) is 0 Å². The summed E-state index contributed by atoms with van der Waals surface area (Å²) in [5, 5.41) is 4.85. The standard InChI is InChI=1S/C12H20BrN3S/c1-5-6-14-11-10(13)12(16-7-15-11)17-9(4)8(2)3/h7-9H,5-6H2,1-4H3,(H,14,15,16). The predicted molar refractivity (Wildman–Crippen MR) is 78.7 cm³/mol. The average molecular weight is 318 g/mol. The van der Waals surface area contributed by atoms with Crippen molar-refractivity contribution in [3.05, 3.63) is 10.8 Å². The molecule has 0 aliphatic heterocycles. The molecule has 1 N–H and O–H groups in total. The Balaban J connectivity index is 2.79. The molecule has 0 aromatic carbocycles. The van der Waals surface area contributed by atoms with Gasteiger partial charge in [-0.15, -0.1) is 11.8 Å². The zero-order valence-corrected chi connectivity index (χ0v) is 13.2. The van der Waals surface area contributed by atoms with Gasteiger partial charge < -0.3 is 5.32 Å². The number of aromatic nitrogens is 2. The van der Waals surface area contributed by atoms with E-state index in [1.54, 1.807) is 18.1 Å². The van der Waals surface area contributed by atoms with Gasteiger partial charge in [-0.25, -0.2) is 9.97 Å². The molecular weight excluding hydrogens is 298 g/mol. The van der Waals surface area contributed by atoms with Crippen molar-refractivity contribution in [2.75, 3.05) is 11.9 Å². The minimum Gasteiger partial charge on any atom is -0.369 e. The lowest BCUT2D eigenvalue weighted by Gasteiger charge is -2.16. The van der Waals surface area contributed by atoms with Crippen LogP contribution in [0.25, 0.3) is 0 Å². The molecule has 96 valence electrons. The van der Waals surface area contributed by atoms with E-state index < -0.39 is 0 Å². The van der Waals surface area contributed by atoms with Crippen LogP contribution >= 0.6 is 27.7 Å². The van der Waals surface area contributed by atoms with Gasteiger partial charge in [0.05, 0.1) is 4.47 Å². The van der Waals surface area contributed by atoms with Gasteiger partial charge in [-0.2, -0.15) is 0 Å². The third kappa shape index (κ3) is 4.47. The largest absolute Gasteiger partial charge is 0.369 e. The van der Waals surface area contributed by atoms with Gasteiger partial charge in [0.25, 0.3) is 0 Å². The van der Waals surface area contributed by atoms with Crippen LogP contribution in [0.1, 0.15) is 34.1 Å². The molecule has 0 saturated heterocycles. The molecule has 1 aromatic heterocycles. The molecule has 0 spiro atoms. The number of halogens is 1. The molecule has 0 bridgehead atoms. The van der Waals surface area contributed by atoms with Crippen molar-refractivity contribution in [1.29, 1.82) is 0 Å². The second-order valence-electron chi connectivity index (χ2n) is 4.34. The maximum absolute atomic E-state index is 4.33. The fourth-order valence-corrected chi connectivity index (χ4v) is 2.67. The Bertz CT molecular complexity index is 358. The molecule has 1 unspecified atom stereocenters. The molecule has 0 saturated carbocycles. The molecule has 3 nitrogen and oxygen atoms in total. The zero-order valence-electron chi connectivity index (χ0n) is 10.8. The van der Waals surface area contributed by atoms with Crippen molar-refractivity contribution in [3.8, 4) is 0 Å². The Morgan fingerprint density at radius 3 is 2.65 bits per heavy atom. The first-order chi connectivity index (χ1) is 8.06. The highest BCUT2D eigenvalue weighted by Crippen LogP contribution is 2.34. The minimum absolute atomic E-state index is 0.542. The third-order valence-electron chi connectivity index (χ3n) is 2.54. The summed E-state index contributed by atoms with van der Waals surface area (Å²) in [6, 6.07) is 0. The highest BCUT2D eigenvalue weighted by molar-refractivity contribution is 9.10. The summed E-state index contributed by atoms with van der Waals surface area (Å²) < 4.78 is 0.978. The Hall–Kier alpha value is -0.290. The maximum atomic E-state index is 4.33. The number of thioether (sulfide) groups is 1. The van der Waals surface area contributed by atoms with Crippen LogP contribution < -0.4 is 5.32 Å². The van der Waals surface area contributed by atoms with Crippen LogP contribution in [0.2, 0.25) is 0 Å². The summed E-state index contributed by atoms with van der Waals surface area (Å²) in [5.41, 5.74) is 0. The maximum Gasteiger partial charge on any atom is 0.144 e. The van der Waals surface area contributed by atoms with Crippen LogP contribution in [0.15, 0.2) is 15.8 Å². The molecule has 0 radical (unpaired) electrons. The molecule has 17 heavy (non-hydrogen) atoms. The summed E-state index contributed by atoms with van der Waals surface area (Å²) in [5.74, 6) is 1.52. The highest BCUT2D eigenvalue weighted by atomic mass is 79.9. The topological polar surface area (TPSA) is 37.8 Å². The average Bonchev–Trinajstić information content (AvgIpc) is 2.30. The summed E-state index contributed by atoms with van der Waals surface area (Å²) in [6.07, 6.45) is 2.71. The van der Waals surface area contributed by atoms with Crippen molar-refractivity contribution < 1.29 is 0 Å². The Morgan fingerprint density at radius 1 is 1.35 bits per heavy atom. The van der Waals surface area contributed by atoms with Crippen LogP contribution in [0.4, 0.5) is 5.82 Å². The first kappa shape index (κ1) is 14.8. The van der Waals surface area contributed by atoms with Gasteiger partial charge in [0.2, 0.25) is 0 Å². The fourth-order valence-electron chi connectivity index (χ4n) is 1.11. The Kier molecular flexibility index (Phi) is 6.27. The molecule has 0 aliphatic carbocycles. The van der Waals surface area contributed by atoms with Gasteiger partial charge in [-0.05, 0) is 28.3 Å². The molecular formula is C12H20BrN3S. The lowest BCUT2D eigenvalue weighted by molar-refractivity contribution is 0.641. The van der Waals surface area contributed by atoms with E-state index in [2.05, 4.69) is 58.9 Å². The van der Waals surface area contributed by atoms with E-state index >= 15 is 0 Å². The monoisotopic (exact) mass is 317 g/mol. The van der Waals surface area contributed by atoms with Crippen LogP contribution in [0, 0.1) is 5.92 Å². The van der Waals surface area contributed by atoms with Crippen LogP contribution in [0.3, 0.4) is 0 Å². The molecule has 1 heterocycles. The van der Waals surface area contributed by atoms with Gasteiger partial charge in [0, 0.05) is 11.8 Å². The summed E-state index contributed by atoms with van der Waals surface area (Å²) in [7, 11) is 0. The van der Waals surface area contributed by atoms with E-state index in [0.717, 1.165) is 28.3 Å². The van der Waals surface area contributed by atoms with Gasteiger partial charge >= 0.3 is 0 Å². The molecule has 5 heteroatoms. The first-order valence-electron chi connectivity index (χ1n) is 5.97. The predicted octanol–water partition coefficient (Wildman–Crippen LogP) is 4.20. The smallest absolute Gasteiger partial charge is 0.144 e. The molecule has 0 aliphatic rings. The van der Waals surface area contributed by atoms with Crippen molar-refractivity contribution in [2.45, 2.75) is 44.4 Å². The number of hydrogen-bond donors (Lipinski definition) is 1. The normalized spacial score (nSPS) is 12.8. The molecule has 1 aromatic rings. The fraction of sp³-hybridized carbons (Fsp3) is 0.667. The summed E-state index contributed by atoms with van der Waals surface area (Å²) in [6.45, 7) is 9.74. The van der Waals surface area contributed by atoms with Crippen LogP contribution in [-0.4, -0.2) is 21.8 Å². The molecule has 0 fully saturated rings. The third-order valence-corrected chi connectivity index (χ3v) is 5.00. The van der Waals surface area contributed by atoms with Gasteiger partial charge in [0.1, 0.15) is 17.2 Å². The second-order valence-corrected chi connectivity index (χ2v) is 6.49. The molecule has 1 atom stereocenters. The van der Waals surface area contributed by atoms with Crippen molar-refractivity contribution >= 4 is 33.5 Å². The van der Waals surface area contributed by atoms with Gasteiger partial charge in [-0.3, -0.25) is 0 Å². The van der Waals surface area contributed by atoms with Crippen LogP contribution in [0.5, 0.6) is 0 Å². The lowest BCUT2D eigenvalue weighted by atomic mass is 10.2. The SMILES string of the molecule is CCCNc1ncnc(SC(C)C(C)C)c1Br. The summed E-state index contributed by atoms with van der Waals surface area (Å²) >= 11 is 5.37. The van der Waals surface area contributed by atoms with E-state index in [9.17, 15) is 0 Å². The highest BCUT2D eigenvalue weighted by Gasteiger charge is 2.14. The molecule has 0 amide bonds. The lowest BCUT2D eigenvalue weighted by Crippen LogP contribution is -2.08. The number of anilines is 1. The van der Waals surface area contributed by atoms with Gasteiger partial charge in [-0.1, -0.05) is 27.7 Å². The van der Waals surface area contributed by atoms with E-state index in [1.165, 1.54) is 0 Å². The zero-order chi connectivity index (χ0) is 12.8. The Labute approximate surface area is 116 Å². The second kappa shape index (κ2) is 7.21. The van der Waals surface area contributed by atoms with Gasteiger partial charge in [0.15, 0.2) is 0 Å². The molecule has 1 rings (SSSR count). The minimum atomic E-state index is 0.542. The van der Waals surface area contributed by atoms with E-state index in [4.69, 9.17) is 0 Å². The van der Waals surface area contributed by atoms with Crippen molar-refractivity contribution in [1.82, 2.24) is 9.97 Å². The van der Waals surface area contributed by atoms with Crippen molar-refractivity contribution in [3.63, 3.8) is 0 Å².